The Bertz CT molecular complexity index is 519. The molecule has 5 heteroatoms. The summed E-state index contributed by atoms with van der Waals surface area (Å²) in [6.45, 7) is 1.57. The summed E-state index contributed by atoms with van der Waals surface area (Å²) < 4.78 is 7.30. The van der Waals surface area contributed by atoms with E-state index >= 15 is 0 Å². The van der Waals surface area contributed by atoms with E-state index in [1.807, 2.05) is 47.4 Å². The molecular weight excluding hydrogens is 240 g/mol. The van der Waals surface area contributed by atoms with Gasteiger partial charge < -0.3 is 4.74 Å². The van der Waals surface area contributed by atoms with E-state index in [2.05, 4.69) is 10.5 Å². The number of nitrogens with one attached hydrogen (secondary N) is 1. The maximum Gasteiger partial charge on any atom is 0.0645 e. The predicted octanol–water partition coefficient (Wildman–Crippen LogP) is 1.41. The highest BCUT2D eigenvalue weighted by Gasteiger charge is 2.27. The van der Waals surface area contributed by atoms with Crippen LogP contribution in [0, 0.1) is 5.92 Å². The smallest absolute Gasteiger partial charge is 0.0645 e. The molecule has 5 nitrogen and oxygen atoms in total. The first kappa shape index (κ1) is 12.3. The van der Waals surface area contributed by atoms with Crippen molar-refractivity contribution in [1.82, 2.24) is 15.2 Å². The average Bonchev–Trinajstić information content (AvgIpc) is 3.12. The van der Waals surface area contributed by atoms with Gasteiger partial charge >= 0.3 is 0 Å². The molecule has 0 amide bonds. The minimum Gasteiger partial charge on any atom is -0.381 e. The second-order valence-corrected chi connectivity index (χ2v) is 4.82. The Labute approximate surface area is 112 Å². The third-order valence-corrected chi connectivity index (χ3v) is 3.60. The van der Waals surface area contributed by atoms with Crippen molar-refractivity contribution in [3.05, 3.63) is 48.3 Å². The number of nitrogens with two attached hydrogens (primary N) is 1. The van der Waals surface area contributed by atoms with E-state index in [9.17, 15) is 0 Å². The highest BCUT2D eigenvalue weighted by atomic mass is 16.5. The third-order valence-electron chi connectivity index (χ3n) is 3.60. The standard InChI is InChI=1S/C14H18N4O/c15-17-14(11-6-7-19-10-11)12-8-16-18(9-12)13-4-2-1-3-5-13/h1-5,8-9,11,14,17H,6-7,10,15H2. The second kappa shape index (κ2) is 5.52. The van der Waals surface area contributed by atoms with Crippen LogP contribution in [0.15, 0.2) is 42.7 Å². The van der Waals surface area contributed by atoms with Gasteiger partial charge in [-0.25, -0.2) is 4.68 Å². The molecule has 1 aliphatic rings. The van der Waals surface area contributed by atoms with Crippen molar-refractivity contribution in [3.63, 3.8) is 0 Å². The number of hydrazine groups is 1. The fourth-order valence-electron chi connectivity index (χ4n) is 2.54. The van der Waals surface area contributed by atoms with Gasteiger partial charge in [-0.1, -0.05) is 18.2 Å². The van der Waals surface area contributed by atoms with Gasteiger partial charge in [0.1, 0.15) is 0 Å². The summed E-state index contributed by atoms with van der Waals surface area (Å²) in [5.41, 5.74) is 5.04. The van der Waals surface area contributed by atoms with Crippen LogP contribution in [0.1, 0.15) is 18.0 Å². The molecule has 1 fully saturated rings. The molecule has 2 unspecified atom stereocenters. The van der Waals surface area contributed by atoms with Crippen molar-refractivity contribution in [1.29, 1.82) is 0 Å². The molecular formula is C14H18N4O. The van der Waals surface area contributed by atoms with E-state index < -0.39 is 0 Å². The van der Waals surface area contributed by atoms with Crippen LogP contribution in [-0.4, -0.2) is 23.0 Å². The van der Waals surface area contributed by atoms with Crippen molar-refractivity contribution in [2.24, 2.45) is 11.8 Å². The molecule has 2 aromatic rings. The van der Waals surface area contributed by atoms with Gasteiger partial charge in [0.25, 0.3) is 0 Å². The highest BCUT2D eigenvalue weighted by Crippen LogP contribution is 2.28. The minimum absolute atomic E-state index is 0.0972. The molecule has 1 saturated heterocycles. The molecule has 1 aliphatic heterocycles. The molecule has 0 aliphatic carbocycles. The van der Waals surface area contributed by atoms with E-state index in [1.165, 1.54) is 0 Å². The monoisotopic (exact) mass is 258 g/mol. The van der Waals surface area contributed by atoms with Gasteiger partial charge in [0.05, 0.1) is 24.5 Å². The number of hydrogen-bond donors (Lipinski definition) is 2. The molecule has 2 heterocycles. The summed E-state index contributed by atoms with van der Waals surface area (Å²) >= 11 is 0. The Morgan fingerprint density at radius 1 is 1.37 bits per heavy atom. The molecule has 0 radical (unpaired) electrons. The number of aromatic nitrogens is 2. The zero-order chi connectivity index (χ0) is 13.1. The van der Waals surface area contributed by atoms with Gasteiger partial charge in [-0.3, -0.25) is 11.3 Å². The van der Waals surface area contributed by atoms with Gasteiger partial charge in [-0.2, -0.15) is 5.10 Å². The van der Waals surface area contributed by atoms with Gasteiger partial charge in [0, 0.05) is 24.3 Å². The van der Waals surface area contributed by atoms with Crippen LogP contribution in [0.4, 0.5) is 0 Å². The number of para-hydroxylation sites is 1. The lowest BCUT2D eigenvalue weighted by Crippen LogP contribution is -2.33. The van der Waals surface area contributed by atoms with Crippen LogP contribution < -0.4 is 11.3 Å². The van der Waals surface area contributed by atoms with Crippen molar-refractivity contribution < 1.29 is 4.74 Å². The quantitative estimate of drug-likeness (QED) is 0.643. The molecule has 3 N–H and O–H groups in total. The molecule has 0 bridgehead atoms. The van der Waals surface area contributed by atoms with Gasteiger partial charge in [-0.15, -0.1) is 0 Å². The van der Waals surface area contributed by atoms with E-state index in [4.69, 9.17) is 10.6 Å². The Hall–Kier alpha value is -1.69. The van der Waals surface area contributed by atoms with Crippen molar-refractivity contribution in [2.45, 2.75) is 12.5 Å². The third kappa shape index (κ3) is 2.53. The molecule has 2 atom stereocenters. The number of benzene rings is 1. The van der Waals surface area contributed by atoms with Gasteiger partial charge in [-0.05, 0) is 18.6 Å². The van der Waals surface area contributed by atoms with Crippen LogP contribution in [0.5, 0.6) is 0 Å². The zero-order valence-corrected chi connectivity index (χ0v) is 10.7. The normalized spacial score (nSPS) is 20.6. The van der Waals surface area contributed by atoms with Crippen LogP contribution in [0.25, 0.3) is 5.69 Å². The first-order valence-electron chi connectivity index (χ1n) is 6.52. The van der Waals surface area contributed by atoms with Crippen molar-refractivity contribution in [3.8, 4) is 5.69 Å². The summed E-state index contributed by atoms with van der Waals surface area (Å²) in [6.07, 6.45) is 4.93. The summed E-state index contributed by atoms with van der Waals surface area (Å²) in [5, 5.41) is 4.41. The molecule has 1 aromatic heterocycles. The van der Waals surface area contributed by atoms with Gasteiger partial charge in [0.15, 0.2) is 0 Å². The summed E-state index contributed by atoms with van der Waals surface area (Å²) in [6, 6.07) is 10.1. The zero-order valence-electron chi connectivity index (χ0n) is 10.7. The Kier molecular flexibility index (Phi) is 3.59. The molecule has 100 valence electrons. The molecule has 0 spiro atoms. The Balaban J connectivity index is 1.83. The second-order valence-electron chi connectivity index (χ2n) is 4.82. The lowest BCUT2D eigenvalue weighted by Gasteiger charge is -2.19. The van der Waals surface area contributed by atoms with Crippen LogP contribution in [-0.2, 0) is 4.74 Å². The maximum atomic E-state index is 5.69. The van der Waals surface area contributed by atoms with E-state index in [-0.39, 0.29) is 6.04 Å². The largest absolute Gasteiger partial charge is 0.381 e. The number of rotatable bonds is 4. The minimum atomic E-state index is 0.0972. The number of nitrogens with zero attached hydrogens (tertiary/aromatic N) is 2. The topological polar surface area (TPSA) is 65.1 Å². The molecule has 19 heavy (non-hydrogen) atoms. The molecule has 3 rings (SSSR count). The first-order chi connectivity index (χ1) is 9.38. The Morgan fingerprint density at radius 3 is 2.89 bits per heavy atom. The first-order valence-corrected chi connectivity index (χ1v) is 6.52. The summed E-state index contributed by atoms with van der Waals surface area (Å²) in [4.78, 5) is 0. The summed E-state index contributed by atoms with van der Waals surface area (Å²) in [5.74, 6) is 6.11. The van der Waals surface area contributed by atoms with Crippen LogP contribution in [0.2, 0.25) is 0 Å². The fraction of sp³-hybridized carbons (Fsp3) is 0.357. The van der Waals surface area contributed by atoms with Gasteiger partial charge in [0.2, 0.25) is 0 Å². The maximum absolute atomic E-state index is 5.69. The number of ether oxygens (including phenoxy) is 1. The fourth-order valence-corrected chi connectivity index (χ4v) is 2.54. The predicted molar refractivity (Wildman–Crippen MR) is 72.6 cm³/mol. The van der Waals surface area contributed by atoms with E-state index in [1.54, 1.807) is 0 Å². The Morgan fingerprint density at radius 2 is 2.21 bits per heavy atom. The van der Waals surface area contributed by atoms with Crippen LogP contribution in [0.3, 0.4) is 0 Å². The lowest BCUT2D eigenvalue weighted by molar-refractivity contribution is 0.177. The molecule has 0 saturated carbocycles. The average molecular weight is 258 g/mol. The lowest BCUT2D eigenvalue weighted by atomic mass is 9.95. The van der Waals surface area contributed by atoms with E-state index in [0.717, 1.165) is 30.9 Å². The van der Waals surface area contributed by atoms with Crippen molar-refractivity contribution in [2.75, 3.05) is 13.2 Å². The summed E-state index contributed by atoms with van der Waals surface area (Å²) in [7, 11) is 0. The highest BCUT2D eigenvalue weighted by molar-refractivity contribution is 5.31. The molecule has 1 aromatic carbocycles. The number of hydrogen-bond acceptors (Lipinski definition) is 4. The van der Waals surface area contributed by atoms with E-state index in [0.29, 0.717) is 5.92 Å². The van der Waals surface area contributed by atoms with Crippen molar-refractivity contribution >= 4 is 0 Å². The van der Waals surface area contributed by atoms with Crippen LogP contribution >= 0.6 is 0 Å². The SMILES string of the molecule is NNC(c1cnn(-c2ccccc2)c1)C1CCOC1.